The van der Waals surface area contributed by atoms with Crippen molar-refractivity contribution in [3.05, 3.63) is 41.2 Å². The van der Waals surface area contributed by atoms with E-state index in [0.29, 0.717) is 38.5 Å². The molecule has 3 aliphatic rings. The topological polar surface area (TPSA) is 43.7 Å². The molecule has 7 atom stereocenters. The largest absolute Gasteiger partial charge is 0.508 e. The molecule has 2 N–H and O–H groups in total. The van der Waals surface area contributed by atoms with Crippen molar-refractivity contribution in [2.75, 3.05) is 20.1 Å². The van der Waals surface area contributed by atoms with E-state index in [1.165, 1.54) is 6.07 Å². The summed E-state index contributed by atoms with van der Waals surface area (Å²) >= 11 is 0. The number of allylic oxidation sites excluding steroid dienone is 1. The fourth-order valence-electron chi connectivity index (χ4n) is 8.57. The van der Waals surface area contributed by atoms with Gasteiger partial charge in [0.2, 0.25) is 0 Å². The Labute approximate surface area is 298 Å². The number of phenols is 1. The molecule has 310 valence electrons. The first-order valence-corrected chi connectivity index (χ1v) is 16.9. The second-order valence-corrected chi connectivity index (χ2v) is 15.0. The van der Waals surface area contributed by atoms with E-state index >= 15 is 4.39 Å². The highest BCUT2D eigenvalue weighted by atomic mass is 19.4. The van der Waals surface area contributed by atoms with Crippen LogP contribution in [-0.4, -0.2) is 89.2 Å². The number of halogens is 17. The van der Waals surface area contributed by atoms with E-state index in [-0.39, 0.29) is 42.9 Å². The number of nitrogens with zero attached hydrogens (tertiary/aromatic N) is 1. The summed E-state index contributed by atoms with van der Waals surface area (Å²) in [5.74, 6) is -52.7. The molecule has 0 amide bonds. The van der Waals surface area contributed by atoms with Crippen molar-refractivity contribution in [2.45, 2.75) is 118 Å². The Morgan fingerprint density at radius 2 is 1.41 bits per heavy atom. The van der Waals surface area contributed by atoms with Crippen molar-refractivity contribution in [3.8, 4) is 5.75 Å². The van der Waals surface area contributed by atoms with Gasteiger partial charge in [0.05, 0.1) is 6.10 Å². The molecule has 0 aromatic heterocycles. The number of unbranched alkanes of at least 4 members (excludes halogenated alkanes) is 2. The van der Waals surface area contributed by atoms with Gasteiger partial charge in [-0.1, -0.05) is 25.8 Å². The Morgan fingerprint density at radius 3 is 2.00 bits per heavy atom. The van der Waals surface area contributed by atoms with Gasteiger partial charge in [0.15, 0.2) is 5.83 Å². The predicted octanol–water partition coefficient (Wildman–Crippen LogP) is 10.5. The zero-order valence-electron chi connectivity index (χ0n) is 28.6. The monoisotopic (exact) mass is 815 g/mol. The maximum atomic E-state index is 15.9. The molecule has 2 fully saturated rings. The molecule has 0 heterocycles. The molecular weight excluding hydrogens is 777 g/mol. The molecule has 3 nitrogen and oxygen atoms in total. The van der Waals surface area contributed by atoms with Crippen LogP contribution in [0.5, 0.6) is 5.75 Å². The third-order valence-corrected chi connectivity index (χ3v) is 11.6. The average molecular weight is 816 g/mol. The normalized spacial score (nSPS) is 28.9. The first-order chi connectivity index (χ1) is 24.4. The second-order valence-electron chi connectivity index (χ2n) is 15.0. The van der Waals surface area contributed by atoms with Crippen molar-refractivity contribution in [1.82, 2.24) is 4.90 Å². The lowest BCUT2D eigenvalue weighted by Gasteiger charge is -2.54. The van der Waals surface area contributed by atoms with Crippen LogP contribution in [-0.2, 0) is 6.42 Å². The number of rotatable bonds is 14. The van der Waals surface area contributed by atoms with E-state index in [0.717, 1.165) is 23.1 Å². The lowest BCUT2D eigenvalue weighted by Crippen LogP contribution is -2.72. The lowest BCUT2D eigenvalue weighted by molar-refractivity contribution is -0.450. The van der Waals surface area contributed by atoms with E-state index in [1.54, 1.807) is 12.1 Å². The molecule has 1 aromatic carbocycles. The van der Waals surface area contributed by atoms with Crippen molar-refractivity contribution in [1.29, 1.82) is 0 Å². The molecule has 4 rings (SSSR count). The highest BCUT2D eigenvalue weighted by Crippen LogP contribution is 2.65. The molecule has 54 heavy (non-hydrogen) atoms. The van der Waals surface area contributed by atoms with Gasteiger partial charge in [0.25, 0.3) is 0 Å². The van der Waals surface area contributed by atoms with Crippen molar-refractivity contribution < 1.29 is 84.9 Å². The maximum Gasteiger partial charge on any atom is 0.460 e. The van der Waals surface area contributed by atoms with Crippen LogP contribution in [0, 0.1) is 23.2 Å². The van der Waals surface area contributed by atoms with E-state index in [4.69, 9.17) is 0 Å². The summed E-state index contributed by atoms with van der Waals surface area (Å²) in [4.78, 5) is 0.981. The van der Waals surface area contributed by atoms with Crippen molar-refractivity contribution in [3.63, 3.8) is 0 Å². The minimum atomic E-state index is -8.49. The number of hydrogen-bond donors (Lipinski definition) is 2. The van der Waals surface area contributed by atoms with Gasteiger partial charge < -0.3 is 15.1 Å². The Kier molecular flexibility index (Phi) is 11.8. The molecule has 0 bridgehead atoms. The Morgan fingerprint density at radius 1 is 0.833 bits per heavy atom. The molecule has 1 aromatic rings. The summed E-state index contributed by atoms with van der Waals surface area (Å²) in [6.45, 7) is 0.700. The summed E-state index contributed by atoms with van der Waals surface area (Å²) in [6.07, 6.45) is -6.57. The molecule has 0 aliphatic heterocycles. The zero-order chi connectivity index (χ0) is 41.3. The smallest absolute Gasteiger partial charge is 0.460 e. The molecule has 0 radical (unpaired) electrons. The number of aliphatic hydroxyl groups is 1. The van der Waals surface area contributed by atoms with E-state index in [9.17, 15) is 80.5 Å². The Bertz CT molecular complexity index is 1530. The van der Waals surface area contributed by atoms with Crippen LogP contribution in [0.15, 0.2) is 30.1 Å². The minimum Gasteiger partial charge on any atom is -0.508 e. The highest BCUT2D eigenvalue weighted by molar-refractivity contribution is 5.41. The first-order valence-electron chi connectivity index (χ1n) is 16.9. The van der Waals surface area contributed by atoms with Gasteiger partial charge in [-0.3, -0.25) is 0 Å². The van der Waals surface area contributed by atoms with Gasteiger partial charge >= 0.3 is 41.7 Å². The van der Waals surface area contributed by atoms with Crippen LogP contribution in [0.4, 0.5) is 74.6 Å². The molecule has 2 saturated carbocycles. The lowest BCUT2D eigenvalue weighted by atomic mass is 9.51. The number of hydrogen-bond acceptors (Lipinski definition) is 3. The summed E-state index contributed by atoms with van der Waals surface area (Å²) in [6, 6.07) is 4.78. The van der Waals surface area contributed by atoms with E-state index < -0.39 is 83.8 Å². The summed E-state index contributed by atoms with van der Waals surface area (Å²) < 4.78 is 232. The van der Waals surface area contributed by atoms with Crippen LogP contribution < -0.4 is 0 Å². The van der Waals surface area contributed by atoms with Gasteiger partial charge in [0, 0.05) is 12.5 Å². The van der Waals surface area contributed by atoms with Gasteiger partial charge in [-0.15, -0.1) is 0 Å². The third-order valence-electron chi connectivity index (χ3n) is 11.6. The number of likely N-dealkylation sites (N-methyl/N-ethyl adjacent to an activating group) is 1. The van der Waals surface area contributed by atoms with Crippen LogP contribution in [0.25, 0.3) is 0 Å². The fraction of sp³-hybridized carbons (Fsp3) is 0.765. The number of fused-ring (bicyclic) bond motifs is 5. The van der Waals surface area contributed by atoms with Gasteiger partial charge in [-0.05, 0) is 105 Å². The molecular formula is C34H38F17NO2. The van der Waals surface area contributed by atoms with Crippen molar-refractivity contribution in [2.24, 2.45) is 23.2 Å². The Hall–Kier alpha value is -2.51. The Balaban J connectivity index is 1.38. The highest BCUT2D eigenvalue weighted by Gasteiger charge is 2.93. The summed E-state index contributed by atoms with van der Waals surface area (Å²) in [5, 5.41) is 20.8. The molecule has 0 saturated heterocycles. The zero-order valence-corrected chi connectivity index (χ0v) is 28.6. The van der Waals surface area contributed by atoms with Crippen LogP contribution >= 0.6 is 0 Å². The van der Waals surface area contributed by atoms with E-state index in [2.05, 4.69) is 0 Å². The summed E-state index contributed by atoms with van der Waals surface area (Å²) in [7, 11) is 1.10. The SMILES string of the molecule is CN(CC=C(F)C(F)(F)C(F)(F)C(F)(F)C(F)(F)C(F)(F)C(F)(F)C(F)(F)F)CCCCCC1Cc2cc(O)ccc2[C@H]2C(F)C[C@]3(C)C(O)CC[C@H]3[C@H]12. The number of phenolic OH excluding ortho intramolecular Hbond substituents is 1. The third kappa shape index (κ3) is 6.94. The van der Waals surface area contributed by atoms with Gasteiger partial charge in [0.1, 0.15) is 11.9 Å². The minimum absolute atomic E-state index is 0.00656. The predicted molar refractivity (Wildman–Crippen MR) is 159 cm³/mol. The molecule has 20 heteroatoms. The van der Waals surface area contributed by atoms with Crippen LogP contribution in [0.1, 0.15) is 68.9 Å². The van der Waals surface area contributed by atoms with Crippen LogP contribution in [0.2, 0.25) is 0 Å². The van der Waals surface area contributed by atoms with Crippen LogP contribution in [0.3, 0.4) is 0 Å². The maximum absolute atomic E-state index is 15.9. The first kappa shape index (κ1) is 44.2. The number of aromatic hydroxyl groups is 1. The van der Waals surface area contributed by atoms with Gasteiger partial charge in [-0.2, -0.15) is 65.9 Å². The molecule has 3 unspecified atom stereocenters. The number of benzene rings is 1. The number of aliphatic hydroxyl groups excluding tert-OH is 1. The number of alkyl halides is 16. The quantitative estimate of drug-likeness (QED) is 0.145. The standard InChI is InChI=1S/C34H38F17NO2/c1-27-16-22(35)26-20-8-7-19(53)15-18(20)14-17(25(26)21(27)9-10-24(27)54)6-4-3-5-12-52(2)13-11-23(36)28(37,38)29(39,40)30(41,42)31(43,44)32(45,46)33(47,48)34(49,50)51/h7-8,11,15,17,21-22,24-26,53-54H,3-6,9-10,12-14,16H2,1-2H3/t17?,21-,22?,24?,25-,26-,27-/m0/s1. The van der Waals surface area contributed by atoms with E-state index in [1.807, 2.05) is 6.92 Å². The fourth-order valence-corrected chi connectivity index (χ4v) is 8.57. The molecule has 3 aliphatic carbocycles. The van der Waals surface area contributed by atoms with Crippen molar-refractivity contribution >= 4 is 0 Å². The molecule has 0 spiro atoms. The average Bonchev–Trinajstić information content (AvgIpc) is 3.34. The van der Waals surface area contributed by atoms with Gasteiger partial charge in [-0.25, -0.2) is 8.78 Å². The summed E-state index contributed by atoms with van der Waals surface area (Å²) in [5.41, 5.74) is 0.952. The second kappa shape index (κ2) is 14.5.